The Morgan fingerprint density at radius 2 is 1.59 bits per heavy atom. The van der Waals surface area contributed by atoms with Gasteiger partial charge in [-0.25, -0.2) is 4.98 Å². The van der Waals surface area contributed by atoms with Crippen LogP contribution in [0.1, 0.15) is 17.8 Å². The van der Waals surface area contributed by atoms with E-state index in [1.165, 1.54) is 12.8 Å². The van der Waals surface area contributed by atoms with Gasteiger partial charge in [0, 0.05) is 45.3 Å². The molecule has 0 N–H and O–H groups in total. The van der Waals surface area contributed by atoms with Crippen LogP contribution >= 0.6 is 22.9 Å². The monoisotopic (exact) mass is 438 g/mol. The highest BCUT2D eigenvalue weighted by Gasteiger charge is 2.27. The van der Waals surface area contributed by atoms with Gasteiger partial charge in [-0.3, -0.25) is 9.80 Å². The van der Waals surface area contributed by atoms with E-state index in [9.17, 15) is 0 Å². The maximum absolute atomic E-state index is 6.19. The van der Waals surface area contributed by atoms with Crippen LogP contribution in [0, 0.1) is 0 Å². The number of hydrogen-bond donors (Lipinski definition) is 0. The summed E-state index contributed by atoms with van der Waals surface area (Å²) >= 11 is 7.90. The number of rotatable bonds is 4. The molecule has 0 amide bonds. The fourth-order valence-electron chi connectivity index (χ4n) is 4.46. The molecule has 158 valence electrons. The first-order valence-electron chi connectivity index (χ1n) is 10.5. The van der Waals surface area contributed by atoms with Gasteiger partial charge in [-0.15, -0.1) is 11.3 Å². The number of piperidine rings is 1. The number of likely N-dealkylation sites (tertiary alicyclic amines) is 1. The Morgan fingerprint density at radius 3 is 2.31 bits per heavy atom. The van der Waals surface area contributed by atoms with Crippen LogP contribution in [0.4, 0.5) is 5.82 Å². The second-order valence-corrected chi connectivity index (χ2v) is 9.25. The number of thiazole rings is 1. The van der Waals surface area contributed by atoms with Crippen LogP contribution in [0.5, 0.6) is 0 Å². The first-order valence-corrected chi connectivity index (χ1v) is 11.7. The average Bonchev–Trinajstić information content (AvgIpc) is 3.17. The van der Waals surface area contributed by atoms with Crippen molar-refractivity contribution >= 4 is 39.1 Å². The van der Waals surface area contributed by atoms with Crippen molar-refractivity contribution in [2.75, 3.05) is 70.6 Å². The molecule has 10 heteroatoms. The van der Waals surface area contributed by atoms with E-state index in [0.717, 1.165) is 80.2 Å². The number of ether oxygens (including phenoxy) is 2. The molecule has 5 heterocycles. The predicted molar refractivity (Wildman–Crippen MR) is 114 cm³/mol. The minimum absolute atomic E-state index is 0.266. The summed E-state index contributed by atoms with van der Waals surface area (Å²) in [6, 6.07) is 0.697. The van der Waals surface area contributed by atoms with Gasteiger partial charge in [-0.1, -0.05) is 0 Å². The van der Waals surface area contributed by atoms with Gasteiger partial charge in [0.25, 0.3) is 0 Å². The molecule has 3 fully saturated rings. The maximum Gasteiger partial charge on any atom is 0.226 e. The van der Waals surface area contributed by atoms with Crippen molar-refractivity contribution in [3.63, 3.8) is 0 Å². The number of fused-ring (bicyclic) bond motifs is 1. The highest BCUT2D eigenvalue weighted by molar-refractivity contribution is 7.19. The van der Waals surface area contributed by atoms with E-state index in [-0.39, 0.29) is 5.28 Å². The summed E-state index contributed by atoms with van der Waals surface area (Å²) in [5, 5.41) is 1.36. The second kappa shape index (κ2) is 8.95. The molecule has 3 saturated heterocycles. The lowest BCUT2D eigenvalue weighted by molar-refractivity contribution is 0.000231. The van der Waals surface area contributed by atoms with Crippen LogP contribution in [0.3, 0.4) is 0 Å². The molecule has 0 aromatic carbocycles. The molecule has 0 atom stereocenters. The van der Waals surface area contributed by atoms with E-state index < -0.39 is 0 Å². The number of halogens is 1. The predicted octanol–water partition coefficient (Wildman–Crippen LogP) is 1.87. The molecule has 2 aromatic heterocycles. The highest BCUT2D eigenvalue weighted by Crippen LogP contribution is 2.32. The standard InChI is InChI=1S/C19H27ClN6O2S/c20-19-22-17-16(18(23-19)26-7-11-28-12-8-26)29-15(21-17)13-24-3-1-14(2-4-24)25-5-9-27-10-6-25/h14H,1-13H2. The summed E-state index contributed by atoms with van der Waals surface area (Å²) in [7, 11) is 0. The molecule has 8 nitrogen and oxygen atoms in total. The van der Waals surface area contributed by atoms with Crippen molar-refractivity contribution in [3.05, 3.63) is 10.3 Å². The first kappa shape index (κ1) is 19.8. The summed E-state index contributed by atoms with van der Waals surface area (Å²) in [5.74, 6) is 0.901. The smallest absolute Gasteiger partial charge is 0.226 e. The van der Waals surface area contributed by atoms with Crippen molar-refractivity contribution in [2.45, 2.75) is 25.4 Å². The Labute approximate surface area is 179 Å². The van der Waals surface area contributed by atoms with Gasteiger partial charge in [0.15, 0.2) is 11.5 Å². The Balaban J connectivity index is 1.26. The quantitative estimate of drug-likeness (QED) is 0.670. The third kappa shape index (κ3) is 4.50. The number of nitrogens with zero attached hydrogens (tertiary/aromatic N) is 6. The zero-order valence-electron chi connectivity index (χ0n) is 16.6. The molecule has 0 spiro atoms. The molecule has 0 radical (unpaired) electrons. The van der Waals surface area contributed by atoms with Crippen LogP contribution in [0.2, 0.25) is 5.28 Å². The Bertz CT molecular complexity index is 831. The van der Waals surface area contributed by atoms with Crippen molar-refractivity contribution in [1.82, 2.24) is 24.8 Å². The average molecular weight is 439 g/mol. The SMILES string of the molecule is Clc1nc(N2CCOCC2)c2sc(CN3CCC(N4CCOCC4)CC3)nc2n1. The van der Waals surface area contributed by atoms with Gasteiger partial charge in [-0.2, -0.15) is 9.97 Å². The molecule has 5 rings (SSSR count). The van der Waals surface area contributed by atoms with Gasteiger partial charge in [0.05, 0.1) is 33.0 Å². The highest BCUT2D eigenvalue weighted by atomic mass is 35.5. The minimum Gasteiger partial charge on any atom is -0.379 e. The molecule has 29 heavy (non-hydrogen) atoms. The van der Waals surface area contributed by atoms with Gasteiger partial charge in [0.1, 0.15) is 9.71 Å². The van der Waals surface area contributed by atoms with Gasteiger partial charge < -0.3 is 14.4 Å². The van der Waals surface area contributed by atoms with Crippen molar-refractivity contribution in [3.8, 4) is 0 Å². The molecule has 2 aromatic rings. The number of hydrogen-bond acceptors (Lipinski definition) is 9. The van der Waals surface area contributed by atoms with E-state index in [0.29, 0.717) is 19.3 Å². The van der Waals surface area contributed by atoms with E-state index in [1.807, 2.05) is 0 Å². The van der Waals surface area contributed by atoms with E-state index >= 15 is 0 Å². The minimum atomic E-state index is 0.266. The van der Waals surface area contributed by atoms with Crippen molar-refractivity contribution < 1.29 is 9.47 Å². The lowest BCUT2D eigenvalue weighted by atomic mass is 10.0. The molecule has 0 bridgehead atoms. The van der Waals surface area contributed by atoms with E-state index in [2.05, 4.69) is 24.7 Å². The number of morpholine rings is 2. The molecule has 0 aliphatic carbocycles. The van der Waals surface area contributed by atoms with E-state index in [1.54, 1.807) is 11.3 Å². The van der Waals surface area contributed by atoms with E-state index in [4.69, 9.17) is 26.1 Å². The van der Waals surface area contributed by atoms with Crippen LogP contribution in [0.15, 0.2) is 0 Å². The fraction of sp³-hybridized carbons (Fsp3) is 0.737. The zero-order chi connectivity index (χ0) is 19.6. The molecule has 0 saturated carbocycles. The van der Waals surface area contributed by atoms with Crippen LogP contribution in [-0.2, 0) is 16.0 Å². The number of aromatic nitrogens is 3. The largest absolute Gasteiger partial charge is 0.379 e. The first-order chi connectivity index (χ1) is 14.3. The lowest BCUT2D eigenvalue weighted by Gasteiger charge is -2.39. The Hall–Kier alpha value is -1.10. The van der Waals surface area contributed by atoms with Crippen LogP contribution < -0.4 is 4.90 Å². The summed E-state index contributed by atoms with van der Waals surface area (Å²) in [5.41, 5.74) is 0.717. The summed E-state index contributed by atoms with van der Waals surface area (Å²) < 4.78 is 12.0. The van der Waals surface area contributed by atoms with Gasteiger partial charge in [0.2, 0.25) is 5.28 Å². The van der Waals surface area contributed by atoms with Crippen molar-refractivity contribution in [2.24, 2.45) is 0 Å². The van der Waals surface area contributed by atoms with Gasteiger partial charge in [-0.05, 0) is 24.4 Å². The molecular weight excluding hydrogens is 412 g/mol. The third-order valence-corrected chi connectivity index (χ3v) is 7.24. The van der Waals surface area contributed by atoms with Crippen molar-refractivity contribution in [1.29, 1.82) is 0 Å². The normalized spacial score (nSPS) is 23.1. The molecule has 3 aliphatic rings. The Kier molecular flexibility index (Phi) is 6.12. The molecule has 3 aliphatic heterocycles. The zero-order valence-corrected chi connectivity index (χ0v) is 18.1. The summed E-state index contributed by atoms with van der Waals surface area (Å²) in [4.78, 5) is 21.0. The molecule has 0 unspecified atom stereocenters. The third-order valence-electron chi connectivity index (χ3n) is 6.04. The maximum atomic E-state index is 6.19. The Morgan fingerprint density at radius 1 is 0.897 bits per heavy atom. The van der Waals surface area contributed by atoms with Crippen LogP contribution in [-0.4, -0.2) is 96.5 Å². The topological polar surface area (TPSA) is 66.9 Å². The molecular formula is C19H27ClN6O2S. The fourth-order valence-corrected chi connectivity index (χ4v) is 5.68. The second-order valence-electron chi connectivity index (χ2n) is 7.83. The summed E-state index contributed by atoms with van der Waals surface area (Å²) in [6.45, 7) is 10.1. The van der Waals surface area contributed by atoms with Gasteiger partial charge >= 0.3 is 0 Å². The summed E-state index contributed by atoms with van der Waals surface area (Å²) in [6.07, 6.45) is 2.44. The lowest BCUT2D eigenvalue weighted by Crippen LogP contribution is -2.48. The number of anilines is 1. The van der Waals surface area contributed by atoms with Crippen LogP contribution in [0.25, 0.3) is 10.3 Å².